The van der Waals surface area contributed by atoms with Gasteiger partial charge in [0.25, 0.3) is 0 Å². The molecule has 5 heteroatoms. The normalized spacial score (nSPS) is 17.6. The van der Waals surface area contributed by atoms with Crippen molar-refractivity contribution in [3.63, 3.8) is 0 Å². The molecule has 0 saturated carbocycles. The monoisotopic (exact) mass is 289 g/mol. The molecule has 4 nitrogen and oxygen atoms in total. The maximum Gasteiger partial charge on any atom is 0.223 e. The average Bonchev–Trinajstić information content (AvgIpc) is 2.92. The van der Waals surface area contributed by atoms with E-state index in [1.54, 1.807) is 0 Å². The molecule has 0 saturated heterocycles. The first kappa shape index (κ1) is 13.2. The van der Waals surface area contributed by atoms with Gasteiger partial charge in [-0.2, -0.15) is 0 Å². The second-order valence-electron chi connectivity index (χ2n) is 5.12. The van der Waals surface area contributed by atoms with Crippen LogP contribution in [0, 0.1) is 5.92 Å². The van der Waals surface area contributed by atoms with Gasteiger partial charge in [-0.15, -0.1) is 0 Å². The highest BCUT2D eigenvalue weighted by atomic mass is 35.5. The van der Waals surface area contributed by atoms with Crippen molar-refractivity contribution in [1.82, 2.24) is 14.9 Å². The fourth-order valence-corrected chi connectivity index (χ4v) is 2.79. The largest absolute Gasteiger partial charge is 0.352 e. The van der Waals surface area contributed by atoms with Crippen LogP contribution in [-0.2, 0) is 24.3 Å². The third-order valence-electron chi connectivity index (χ3n) is 3.70. The SMILES string of the molecule is O=C(NCc1cccc(Cl)c1)C1CCn2cncc2C1. The molecule has 1 atom stereocenters. The first-order valence-electron chi connectivity index (χ1n) is 6.73. The number of rotatable bonds is 3. The molecule has 0 aliphatic carbocycles. The Balaban J connectivity index is 1.58. The number of hydrogen-bond acceptors (Lipinski definition) is 2. The van der Waals surface area contributed by atoms with Crippen LogP contribution in [0.1, 0.15) is 17.7 Å². The van der Waals surface area contributed by atoms with Gasteiger partial charge >= 0.3 is 0 Å². The van der Waals surface area contributed by atoms with E-state index in [1.165, 1.54) is 0 Å². The fourth-order valence-electron chi connectivity index (χ4n) is 2.57. The minimum absolute atomic E-state index is 0.0402. The Morgan fingerprint density at radius 1 is 1.50 bits per heavy atom. The zero-order valence-corrected chi connectivity index (χ0v) is 11.8. The molecule has 104 valence electrons. The molecule has 1 unspecified atom stereocenters. The Morgan fingerprint density at radius 3 is 3.25 bits per heavy atom. The van der Waals surface area contributed by atoms with Crippen LogP contribution in [0.3, 0.4) is 0 Å². The molecule has 0 radical (unpaired) electrons. The molecule has 1 aliphatic rings. The van der Waals surface area contributed by atoms with E-state index in [2.05, 4.69) is 14.9 Å². The average molecular weight is 290 g/mol. The summed E-state index contributed by atoms with van der Waals surface area (Å²) < 4.78 is 2.11. The van der Waals surface area contributed by atoms with Crippen molar-refractivity contribution in [2.45, 2.75) is 25.9 Å². The molecule has 1 aromatic carbocycles. The van der Waals surface area contributed by atoms with Gasteiger partial charge in [0.2, 0.25) is 5.91 Å². The van der Waals surface area contributed by atoms with Crippen LogP contribution in [0.2, 0.25) is 5.02 Å². The van der Waals surface area contributed by atoms with E-state index >= 15 is 0 Å². The maximum atomic E-state index is 12.2. The lowest BCUT2D eigenvalue weighted by molar-refractivity contribution is -0.125. The van der Waals surface area contributed by atoms with Crippen LogP contribution in [0.15, 0.2) is 36.8 Å². The molecule has 3 rings (SSSR count). The number of aryl methyl sites for hydroxylation is 1. The van der Waals surface area contributed by atoms with E-state index in [0.29, 0.717) is 11.6 Å². The Hall–Kier alpha value is -1.81. The Kier molecular flexibility index (Phi) is 3.74. The smallest absolute Gasteiger partial charge is 0.223 e. The van der Waals surface area contributed by atoms with Gasteiger partial charge in [0.1, 0.15) is 0 Å². The minimum Gasteiger partial charge on any atom is -0.352 e. The summed E-state index contributed by atoms with van der Waals surface area (Å²) in [5.74, 6) is 0.149. The number of carbonyl (C=O) groups is 1. The molecular weight excluding hydrogens is 274 g/mol. The van der Waals surface area contributed by atoms with Crippen molar-refractivity contribution in [2.75, 3.05) is 0 Å². The van der Waals surface area contributed by atoms with E-state index in [9.17, 15) is 4.79 Å². The quantitative estimate of drug-likeness (QED) is 0.943. The number of halogens is 1. The van der Waals surface area contributed by atoms with Gasteiger partial charge in [-0.25, -0.2) is 4.98 Å². The lowest BCUT2D eigenvalue weighted by Gasteiger charge is -2.23. The highest BCUT2D eigenvalue weighted by molar-refractivity contribution is 6.30. The van der Waals surface area contributed by atoms with Crippen LogP contribution in [0.25, 0.3) is 0 Å². The van der Waals surface area contributed by atoms with Crippen LogP contribution >= 0.6 is 11.6 Å². The van der Waals surface area contributed by atoms with E-state index < -0.39 is 0 Å². The first-order chi connectivity index (χ1) is 9.72. The number of aromatic nitrogens is 2. The highest BCUT2D eigenvalue weighted by Gasteiger charge is 2.24. The molecule has 1 amide bonds. The van der Waals surface area contributed by atoms with Gasteiger partial charge in [0.15, 0.2) is 0 Å². The van der Waals surface area contributed by atoms with Crippen molar-refractivity contribution in [2.24, 2.45) is 5.92 Å². The molecule has 1 aromatic heterocycles. The summed E-state index contributed by atoms with van der Waals surface area (Å²) in [5, 5.41) is 3.68. The molecule has 0 spiro atoms. The number of imidazole rings is 1. The van der Waals surface area contributed by atoms with Gasteiger partial charge in [0.05, 0.1) is 6.33 Å². The highest BCUT2D eigenvalue weighted by Crippen LogP contribution is 2.20. The Morgan fingerprint density at radius 2 is 2.40 bits per heavy atom. The van der Waals surface area contributed by atoms with E-state index in [0.717, 1.165) is 30.6 Å². The topological polar surface area (TPSA) is 46.9 Å². The second-order valence-corrected chi connectivity index (χ2v) is 5.55. The predicted molar refractivity (Wildman–Crippen MR) is 77.3 cm³/mol. The van der Waals surface area contributed by atoms with Crippen molar-refractivity contribution in [1.29, 1.82) is 0 Å². The fraction of sp³-hybridized carbons (Fsp3) is 0.333. The third-order valence-corrected chi connectivity index (χ3v) is 3.93. The molecule has 20 heavy (non-hydrogen) atoms. The number of nitrogens with zero attached hydrogens (tertiary/aromatic N) is 2. The summed E-state index contributed by atoms with van der Waals surface area (Å²) in [6.45, 7) is 1.39. The van der Waals surface area contributed by atoms with Crippen LogP contribution in [0.5, 0.6) is 0 Å². The molecular formula is C15H16ClN3O. The lowest BCUT2D eigenvalue weighted by atomic mass is 9.95. The van der Waals surface area contributed by atoms with Gasteiger partial charge in [-0.3, -0.25) is 4.79 Å². The van der Waals surface area contributed by atoms with E-state index in [1.807, 2.05) is 36.8 Å². The van der Waals surface area contributed by atoms with Gasteiger partial charge in [0, 0.05) is 42.3 Å². The van der Waals surface area contributed by atoms with Gasteiger partial charge < -0.3 is 9.88 Å². The van der Waals surface area contributed by atoms with Crippen molar-refractivity contribution in [3.8, 4) is 0 Å². The summed E-state index contributed by atoms with van der Waals surface area (Å²) in [4.78, 5) is 16.3. The molecule has 0 bridgehead atoms. The predicted octanol–water partition coefficient (Wildman–Crippen LogP) is 2.42. The lowest BCUT2D eigenvalue weighted by Crippen LogP contribution is -2.34. The molecule has 2 aromatic rings. The molecule has 0 fully saturated rings. The first-order valence-corrected chi connectivity index (χ1v) is 7.11. The van der Waals surface area contributed by atoms with E-state index in [-0.39, 0.29) is 11.8 Å². The van der Waals surface area contributed by atoms with Crippen molar-refractivity contribution < 1.29 is 4.79 Å². The van der Waals surface area contributed by atoms with Gasteiger partial charge in [-0.1, -0.05) is 23.7 Å². The maximum absolute atomic E-state index is 12.2. The van der Waals surface area contributed by atoms with Crippen LogP contribution in [0.4, 0.5) is 0 Å². The molecule has 2 heterocycles. The number of carbonyl (C=O) groups excluding carboxylic acids is 1. The van der Waals surface area contributed by atoms with Crippen molar-refractivity contribution in [3.05, 3.63) is 53.1 Å². The summed E-state index contributed by atoms with van der Waals surface area (Å²) in [7, 11) is 0. The van der Waals surface area contributed by atoms with E-state index in [4.69, 9.17) is 11.6 Å². The summed E-state index contributed by atoms with van der Waals surface area (Å²) in [6, 6.07) is 7.55. The zero-order chi connectivity index (χ0) is 13.9. The summed E-state index contributed by atoms with van der Waals surface area (Å²) >= 11 is 5.93. The summed E-state index contributed by atoms with van der Waals surface area (Å²) in [5.41, 5.74) is 2.16. The van der Waals surface area contributed by atoms with Crippen LogP contribution in [-0.4, -0.2) is 15.5 Å². The van der Waals surface area contributed by atoms with Gasteiger partial charge in [-0.05, 0) is 24.1 Å². The standard InChI is InChI=1S/C15H16ClN3O/c16-13-3-1-2-11(6-13)8-18-15(20)12-4-5-19-10-17-9-14(19)7-12/h1-3,6,9-10,12H,4-5,7-8H2,(H,18,20). The number of hydrogen-bond donors (Lipinski definition) is 1. The number of amides is 1. The Labute approximate surface area is 122 Å². The minimum atomic E-state index is 0.0402. The zero-order valence-electron chi connectivity index (χ0n) is 11.1. The third kappa shape index (κ3) is 2.85. The second kappa shape index (κ2) is 5.67. The number of benzene rings is 1. The van der Waals surface area contributed by atoms with Crippen LogP contribution < -0.4 is 5.32 Å². The molecule has 1 aliphatic heterocycles. The summed E-state index contributed by atoms with van der Waals surface area (Å²) in [6.07, 6.45) is 5.30. The number of nitrogens with one attached hydrogen (secondary N) is 1. The molecule has 1 N–H and O–H groups in total. The number of fused-ring (bicyclic) bond motifs is 1. The van der Waals surface area contributed by atoms with Crippen molar-refractivity contribution >= 4 is 17.5 Å². The Bertz CT molecular complexity index is 623.